The van der Waals surface area contributed by atoms with Gasteiger partial charge in [0.1, 0.15) is 0 Å². The fraction of sp³-hybridized carbons (Fsp3) is 0.500. The first-order chi connectivity index (χ1) is 9.71. The van der Waals surface area contributed by atoms with E-state index in [1.54, 1.807) is 0 Å². The zero-order valence-electron chi connectivity index (χ0n) is 15.5. The second kappa shape index (κ2) is 4.20. The minimum atomic E-state index is -3.22. The van der Waals surface area contributed by atoms with E-state index in [-0.39, 0.29) is 0 Å². The summed E-state index contributed by atoms with van der Waals surface area (Å²) in [6.45, 7) is -6.45. The molecule has 1 fully saturated rings. The van der Waals surface area contributed by atoms with E-state index in [4.69, 9.17) is 12.3 Å². The van der Waals surface area contributed by atoms with Crippen molar-refractivity contribution in [1.29, 1.82) is 0 Å². The Morgan fingerprint density at radius 1 is 1.54 bits per heavy atom. The van der Waals surface area contributed by atoms with Gasteiger partial charge in [0.25, 0.3) is 0 Å². The second-order valence-corrected chi connectivity index (χ2v) is 3.21. The van der Waals surface area contributed by atoms with E-state index in [2.05, 4.69) is 25.7 Å². The van der Waals surface area contributed by atoms with E-state index in [0.717, 1.165) is 6.07 Å². The smallest absolute Gasteiger partial charge is 0.0567 e. The van der Waals surface area contributed by atoms with Crippen LogP contribution in [0.2, 0.25) is 0 Å². The third-order valence-corrected chi connectivity index (χ3v) is 1.91. The van der Waals surface area contributed by atoms with Crippen LogP contribution in [0.25, 0.3) is 0 Å². The molecule has 70 valence electrons. The molecule has 13 heavy (non-hydrogen) atoms. The van der Waals surface area contributed by atoms with Gasteiger partial charge >= 0.3 is 0 Å². The Hall–Kier alpha value is -0.410. The van der Waals surface area contributed by atoms with Crippen LogP contribution < -0.4 is 0 Å². The number of halogens is 1. The van der Waals surface area contributed by atoms with Gasteiger partial charge in [0.15, 0.2) is 0 Å². The maximum absolute atomic E-state index is 8.36. The highest BCUT2D eigenvalue weighted by atomic mass is 79.9. The molecule has 2 heterocycles. The predicted molar refractivity (Wildman–Crippen MR) is 54.7 cm³/mol. The van der Waals surface area contributed by atoms with Crippen molar-refractivity contribution in [2.45, 2.75) is 18.6 Å². The maximum atomic E-state index is 8.36. The summed E-state index contributed by atoms with van der Waals surface area (Å²) < 4.78 is 75.4. The van der Waals surface area contributed by atoms with Gasteiger partial charge in [-0.05, 0) is 40.8 Å². The summed E-state index contributed by atoms with van der Waals surface area (Å²) in [7, 11) is 0. The summed E-state index contributed by atoms with van der Waals surface area (Å²) in [4.78, 5) is 3.79. The van der Waals surface area contributed by atoms with Gasteiger partial charge in [-0.2, -0.15) is 0 Å². The van der Waals surface area contributed by atoms with Crippen molar-refractivity contribution >= 4 is 15.9 Å². The highest BCUT2D eigenvalue weighted by Gasteiger charge is 2.16. The zero-order valence-corrected chi connectivity index (χ0v) is 8.05. The average molecular weight is 251 g/mol. The molecular weight excluding hydrogens is 230 g/mol. The number of aromatic nitrogens is 1. The van der Waals surface area contributed by atoms with Gasteiger partial charge in [-0.25, -0.2) is 0 Å². The quantitative estimate of drug-likeness (QED) is 0.765. The van der Waals surface area contributed by atoms with Gasteiger partial charge in [-0.15, -0.1) is 0 Å². The molecular formula is C10H12BrNO. The number of hydrogen-bond acceptors (Lipinski definition) is 2. The van der Waals surface area contributed by atoms with E-state index in [0.29, 0.717) is 4.47 Å². The van der Waals surface area contributed by atoms with Crippen LogP contribution in [0.15, 0.2) is 22.8 Å². The molecule has 0 atom stereocenters. The molecule has 0 aromatic carbocycles. The van der Waals surface area contributed by atoms with Crippen molar-refractivity contribution in [2.75, 3.05) is 13.1 Å². The molecule has 1 aliphatic heterocycles. The zero-order chi connectivity index (χ0) is 17.2. The molecule has 1 aromatic heterocycles. The molecule has 1 aliphatic rings. The van der Waals surface area contributed by atoms with Crippen molar-refractivity contribution in [3.8, 4) is 0 Å². The molecule has 0 radical (unpaired) electrons. The monoisotopic (exact) mass is 250 g/mol. The van der Waals surface area contributed by atoms with Crippen LogP contribution >= 0.6 is 15.9 Å². The molecule has 0 amide bonds. The van der Waals surface area contributed by atoms with Gasteiger partial charge in [0.05, 0.1) is 5.48 Å². The summed E-state index contributed by atoms with van der Waals surface area (Å²) in [5.41, 5.74) is -0.429. The second-order valence-electron chi connectivity index (χ2n) is 2.29. The number of pyridine rings is 1. The highest BCUT2D eigenvalue weighted by molar-refractivity contribution is 9.10. The number of hydrogen-bond donors (Lipinski definition) is 0. The van der Waals surface area contributed by atoms with Gasteiger partial charge in [-0.3, -0.25) is 4.98 Å². The van der Waals surface area contributed by atoms with Crippen LogP contribution in [0.4, 0.5) is 0 Å². The third kappa shape index (κ3) is 2.29. The lowest BCUT2D eigenvalue weighted by molar-refractivity contribution is 0.0845. The number of nitrogens with zero attached hydrogens (tertiary/aromatic N) is 1. The first kappa shape index (κ1) is 3.31. The van der Waals surface area contributed by atoms with E-state index in [1.807, 2.05) is 0 Å². The van der Waals surface area contributed by atoms with E-state index >= 15 is 0 Å². The van der Waals surface area contributed by atoms with Crippen molar-refractivity contribution in [2.24, 2.45) is 0 Å². The highest BCUT2D eigenvalue weighted by Crippen LogP contribution is 2.25. The molecule has 2 nitrogen and oxygen atoms in total. The third-order valence-electron chi connectivity index (χ3n) is 1.44. The predicted octanol–water partition coefficient (Wildman–Crippen LogP) is 2.74. The summed E-state index contributed by atoms with van der Waals surface area (Å²) in [5.74, 6) is -2.97. The average Bonchev–Trinajstić information content (AvgIpc) is 2.35. The number of rotatable bonds is 1. The van der Waals surface area contributed by atoms with E-state index in [1.165, 1.54) is 12.3 Å². The Balaban J connectivity index is 2.78. The lowest BCUT2D eigenvalue weighted by Crippen LogP contribution is -2.14. The normalized spacial score (nSPS) is 47.0. The van der Waals surface area contributed by atoms with Gasteiger partial charge < -0.3 is 4.74 Å². The molecule has 0 bridgehead atoms. The Bertz CT molecular complexity index is 563. The Morgan fingerprint density at radius 3 is 2.92 bits per heavy atom. The van der Waals surface area contributed by atoms with Crippen LogP contribution in [0.1, 0.15) is 36.7 Å². The van der Waals surface area contributed by atoms with Crippen LogP contribution in [0.3, 0.4) is 0 Å². The van der Waals surface area contributed by atoms with E-state index < -0.39 is 37.5 Å². The van der Waals surface area contributed by atoms with Gasteiger partial charge in [0, 0.05) is 42.2 Å². The number of ether oxygens (including phenoxy) is 1. The van der Waals surface area contributed by atoms with Crippen molar-refractivity contribution in [3.05, 3.63) is 28.5 Å². The van der Waals surface area contributed by atoms with Crippen molar-refractivity contribution in [3.63, 3.8) is 0 Å². The SMILES string of the molecule is [2H]C1([2H])OC([2H])([2H])C([2H])([2H])C([2H])(c2ccc(Br)cn2)C1([2H])[2H]. The van der Waals surface area contributed by atoms with Crippen LogP contribution in [-0.2, 0) is 4.74 Å². The van der Waals surface area contributed by atoms with Crippen LogP contribution in [0, 0.1) is 0 Å². The standard InChI is InChI=1S/C10H12BrNO/c11-9-1-2-10(12-7-9)8-3-5-13-6-4-8/h1-2,7-8H,3-6H2/i3D2,4D2,5D2,6D2,8D. The summed E-state index contributed by atoms with van der Waals surface area (Å²) in [5, 5.41) is 0. The topological polar surface area (TPSA) is 22.1 Å². The molecule has 0 saturated carbocycles. The fourth-order valence-electron chi connectivity index (χ4n) is 0.862. The molecule has 0 aliphatic carbocycles. The van der Waals surface area contributed by atoms with Crippen LogP contribution in [-0.4, -0.2) is 18.1 Å². The Morgan fingerprint density at radius 2 is 2.31 bits per heavy atom. The van der Waals surface area contributed by atoms with E-state index in [9.17, 15) is 0 Å². The largest absolute Gasteiger partial charge is 0.381 e. The summed E-state index contributed by atoms with van der Waals surface area (Å²) in [6.07, 6.45) is -5.19. The first-order valence-corrected chi connectivity index (χ1v) is 4.32. The molecule has 1 saturated heterocycles. The minimum absolute atomic E-state index is 0.429. The lowest BCUT2D eigenvalue weighted by atomic mass is 9.96. The van der Waals surface area contributed by atoms with Crippen molar-refractivity contribution < 1.29 is 17.1 Å². The molecule has 3 heteroatoms. The maximum Gasteiger partial charge on any atom is 0.0567 e. The summed E-state index contributed by atoms with van der Waals surface area (Å²) >= 11 is 3.10. The fourth-order valence-corrected chi connectivity index (χ4v) is 1.10. The minimum Gasteiger partial charge on any atom is -0.381 e. The van der Waals surface area contributed by atoms with Crippen LogP contribution in [0.5, 0.6) is 0 Å². The molecule has 1 aromatic rings. The first-order valence-electron chi connectivity index (χ1n) is 8.03. The lowest BCUT2D eigenvalue weighted by Gasteiger charge is -2.21. The Kier molecular flexibility index (Phi) is 1.07. The molecule has 0 unspecified atom stereocenters. The molecule has 0 spiro atoms. The van der Waals surface area contributed by atoms with Gasteiger partial charge in [-0.1, -0.05) is 0 Å². The van der Waals surface area contributed by atoms with Crippen molar-refractivity contribution in [1.82, 2.24) is 4.98 Å². The summed E-state index contributed by atoms with van der Waals surface area (Å²) in [6, 6.07) is 2.55. The molecule has 0 N–H and O–H groups in total. The van der Waals surface area contributed by atoms with Gasteiger partial charge in [0.2, 0.25) is 0 Å². The molecule has 2 rings (SSSR count). The Labute approximate surface area is 99.1 Å².